The molecular weight excluding hydrogens is 414 g/mol. The van der Waals surface area contributed by atoms with Crippen molar-refractivity contribution >= 4 is 21.7 Å². The molecule has 0 atom stereocenters. The molecule has 2 aromatic rings. The predicted octanol–water partition coefficient (Wildman–Crippen LogP) is 2.22. The van der Waals surface area contributed by atoms with E-state index >= 15 is 0 Å². The first-order chi connectivity index (χ1) is 15.0. The van der Waals surface area contributed by atoms with Gasteiger partial charge in [0.15, 0.2) is 0 Å². The molecule has 0 radical (unpaired) electrons. The average Bonchev–Trinajstić information content (AvgIpc) is 3.27. The molecule has 9 heteroatoms. The average molecular weight is 444 g/mol. The SMILES string of the molecule is Cc1nc(N2CCCCC2)cc(N2CCN(S(=O)(=O)c3ccc4c(c3)CCO4)CC2)n1. The summed E-state index contributed by atoms with van der Waals surface area (Å²) in [5, 5.41) is 0. The summed E-state index contributed by atoms with van der Waals surface area (Å²) < 4.78 is 33.4. The van der Waals surface area contributed by atoms with Crippen LogP contribution in [0.1, 0.15) is 30.7 Å². The lowest BCUT2D eigenvalue weighted by Crippen LogP contribution is -2.49. The number of sulfonamides is 1. The second-order valence-corrected chi connectivity index (χ2v) is 10.4. The van der Waals surface area contributed by atoms with E-state index in [1.807, 2.05) is 6.92 Å². The molecule has 0 saturated carbocycles. The van der Waals surface area contributed by atoms with E-state index in [0.29, 0.717) is 37.7 Å². The molecule has 2 fully saturated rings. The van der Waals surface area contributed by atoms with E-state index in [1.165, 1.54) is 19.3 Å². The summed E-state index contributed by atoms with van der Waals surface area (Å²) in [5.41, 5.74) is 0.974. The first-order valence-corrected chi connectivity index (χ1v) is 12.6. The zero-order chi connectivity index (χ0) is 21.4. The summed E-state index contributed by atoms with van der Waals surface area (Å²) in [6.07, 6.45) is 4.44. The molecule has 2 saturated heterocycles. The maximum absolute atomic E-state index is 13.2. The highest BCUT2D eigenvalue weighted by atomic mass is 32.2. The van der Waals surface area contributed by atoms with E-state index in [9.17, 15) is 8.42 Å². The zero-order valence-electron chi connectivity index (χ0n) is 18.0. The molecule has 3 aliphatic heterocycles. The molecule has 0 bridgehead atoms. The van der Waals surface area contributed by atoms with E-state index in [4.69, 9.17) is 4.74 Å². The quantitative estimate of drug-likeness (QED) is 0.717. The Morgan fingerprint density at radius 1 is 0.871 bits per heavy atom. The Morgan fingerprint density at radius 3 is 2.26 bits per heavy atom. The number of aryl methyl sites for hydroxylation is 1. The van der Waals surface area contributed by atoms with E-state index in [1.54, 1.807) is 22.5 Å². The maximum Gasteiger partial charge on any atom is 0.243 e. The fraction of sp³-hybridized carbons (Fsp3) is 0.545. The van der Waals surface area contributed by atoms with Crippen molar-refractivity contribution in [1.82, 2.24) is 14.3 Å². The van der Waals surface area contributed by atoms with Gasteiger partial charge in [-0.05, 0) is 49.9 Å². The molecule has 0 unspecified atom stereocenters. The van der Waals surface area contributed by atoms with Gasteiger partial charge in [-0.25, -0.2) is 18.4 Å². The number of fused-ring (bicyclic) bond motifs is 1. The third-order valence-corrected chi connectivity index (χ3v) is 8.25. The maximum atomic E-state index is 13.2. The van der Waals surface area contributed by atoms with Gasteiger partial charge in [0, 0.05) is 51.8 Å². The van der Waals surface area contributed by atoms with Gasteiger partial charge in [0.2, 0.25) is 10.0 Å². The van der Waals surface area contributed by atoms with Crippen molar-refractivity contribution in [1.29, 1.82) is 0 Å². The van der Waals surface area contributed by atoms with E-state index in [2.05, 4.69) is 25.8 Å². The van der Waals surface area contributed by atoms with Gasteiger partial charge in [0.1, 0.15) is 23.2 Å². The van der Waals surface area contributed by atoms with Crippen LogP contribution in [0.3, 0.4) is 0 Å². The Labute approximate surface area is 183 Å². The summed E-state index contributed by atoms with van der Waals surface area (Å²) in [7, 11) is -3.51. The molecule has 166 valence electrons. The highest BCUT2D eigenvalue weighted by Gasteiger charge is 2.30. The van der Waals surface area contributed by atoms with Crippen LogP contribution in [0, 0.1) is 6.92 Å². The third kappa shape index (κ3) is 4.08. The standard InChI is InChI=1S/C22H29N5O3S/c1-17-23-21(25-8-3-2-4-9-25)16-22(24-17)26-10-12-27(13-11-26)31(28,29)19-5-6-20-18(15-19)7-14-30-20/h5-6,15-16H,2-4,7-14H2,1H3. The number of benzene rings is 1. The number of hydrogen-bond donors (Lipinski definition) is 0. The van der Waals surface area contributed by atoms with Gasteiger partial charge < -0.3 is 14.5 Å². The van der Waals surface area contributed by atoms with Gasteiger partial charge in [0.05, 0.1) is 11.5 Å². The van der Waals surface area contributed by atoms with Crippen LogP contribution in [0.15, 0.2) is 29.2 Å². The molecule has 4 heterocycles. The number of anilines is 2. The molecule has 1 aromatic carbocycles. The highest BCUT2D eigenvalue weighted by molar-refractivity contribution is 7.89. The largest absolute Gasteiger partial charge is 0.493 e. The monoisotopic (exact) mass is 443 g/mol. The van der Waals surface area contributed by atoms with Gasteiger partial charge in [0.25, 0.3) is 0 Å². The lowest BCUT2D eigenvalue weighted by Gasteiger charge is -2.35. The normalized spacial score (nSPS) is 19.9. The van der Waals surface area contributed by atoms with E-state index in [0.717, 1.165) is 48.3 Å². The van der Waals surface area contributed by atoms with Crippen molar-refractivity contribution in [3.8, 4) is 5.75 Å². The van der Waals surface area contributed by atoms with Crippen LogP contribution >= 0.6 is 0 Å². The molecule has 3 aliphatic rings. The van der Waals surface area contributed by atoms with Crippen LogP contribution in [-0.2, 0) is 16.4 Å². The van der Waals surface area contributed by atoms with Gasteiger partial charge in [-0.3, -0.25) is 0 Å². The molecule has 8 nitrogen and oxygen atoms in total. The summed E-state index contributed by atoms with van der Waals surface area (Å²) in [5.74, 6) is 3.43. The number of ether oxygens (including phenoxy) is 1. The van der Waals surface area contributed by atoms with Crippen molar-refractivity contribution in [3.05, 3.63) is 35.7 Å². The van der Waals surface area contributed by atoms with Crippen LogP contribution in [0.25, 0.3) is 0 Å². The smallest absolute Gasteiger partial charge is 0.243 e. The topological polar surface area (TPSA) is 78.9 Å². The van der Waals surface area contributed by atoms with Gasteiger partial charge in [-0.1, -0.05) is 0 Å². The summed E-state index contributed by atoms with van der Waals surface area (Å²) in [4.78, 5) is 14.2. The molecule has 0 N–H and O–H groups in total. The zero-order valence-corrected chi connectivity index (χ0v) is 18.8. The Morgan fingerprint density at radius 2 is 1.55 bits per heavy atom. The number of piperazine rings is 1. The Balaban J connectivity index is 1.29. The summed E-state index contributed by atoms with van der Waals surface area (Å²) >= 11 is 0. The number of hydrogen-bond acceptors (Lipinski definition) is 7. The van der Waals surface area contributed by atoms with Crippen molar-refractivity contribution in [2.24, 2.45) is 0 Å². The lowest BCUT2D eigenvalue weighted by atomic mass is 10.1. The first-order valence-electron chi connectivity index (χ1n) is 11.1. The summed E-state index contributed by atoms with van der Waals surface area (Å²) in [6, 6.07) is 7.26. The Bertz CT molecular complexity index is 1060. The number of piperidine rings is 1. The summed E-state index contributed by atoms with van der Waals surface area (Å²) in [6.45, 7) is 6.73. The van der Waals surface area contributed by atoms with Crippen LogP contribution in [-0.4, -0.2) is 68.6 Å². The van der Waals surface area contributed by atoms with Crippen molar-refractivity contribution < 1.29 is 13.2 Å². The van der Waals surface area contributed by atoms with Crippen LogP contribution in [0.2, 0.25) is 0 Å². The van der Waals surface area contributed by atoms with Crippen LogP contribution in [0.4, 0.5) is 11.6 Å². The van der Waals surface area contributed by atoms with Crippen molar-refractivity contribution in [2.75, 3.05) is 55.7 Å². The minimum atomic E-state index is -3.51. The van der Waals surface area contributed by atoms with Gasteiger partial charge in [-0.2, -0.15) is 4.31 Å². The fourth-order valence-electron chi connectivity index (χ4n) is 4.61. The molecule has 0 aliphatic carbocycles. The number of nitrogens with zero attached hydrogens (tertiary/aromatic N) is 5. The van der Waals surface area contributed by atoms with Gasteiger partial charge >= 0.3 is 0 Å². The number of rotatable bonds is 4. The van der Waals surface area contributed by atoms with Crippen molar-refractivity contribution in [3.63, 3.8) is 0 Å². The molecule has 0 spiro atoms. The van der Waals surface area contributed by atoms with E-state index < -0.39 is 10.0 Å². The Kier molecular flexibility index (Phi) is 5.47. The Hall–Kier alpha value is -2.39. The predicted molar refractivity (Wildman–Crippen MR) is 119 cm³/mol. The van der Waals surface area contributed by atoms with Crippen molar-refractivity contribution in [2.45, 2.75) is 37.5 Å². The minimum Gasteiger partial charge on any atom is -0.493 e. The highest BCUT2D eigenvalue weighted by Crippen LogP contribution is 2.30. The molecule has 31 heavy (non-hydrogen) atoms. The first kappa shape index (κ1) is 20.5. The van der Waals surface area contributed by atoms with Gasteiger partial charge in [-0.15, -0.1) is 0 Å². The molecule has 1 aromatic heterocycles. The number of aromatic nitrogens is 2. The minimum absolute atomic E-state index is 0.357. The second-order valence-electron chi connectivity index (χ2n) is 8.44. The van der Waals surface area contributed by atoms with Crippen LogP contribution < -0.4 is 14.5 Å². The third-order valence-electron chi connectivity index (χ3n) is 6.35. The molecular formula is C22H29N5O3S. The fourth-order valence-corrected chi connectivity index (χ4v) is 6.09. The molecule has 5 rings (SSSR count). The second kappa shape index (κ2) is 8.27. The van der Waals surface area contributed by atoms with Crippen LogP contribution in [0.5, 0.6) is 5.75 Å². The lowest BCUT2D eigenvalue weighted by molar-refractivity contribution is 0.356. The molecule has 0 amide bonds. The van der Waals surface area contributed by atoms with E-state index in [-0.39, 0.29) is 0 Å².